The molecular formula is C13H16ClNO3S. The van der Waals surface area contributed by atoms with E-state index in [4.69, 9.17) is 11.6 Å². The van der Waals surface area contributed by atoms with Crippen LogP contribution in [0.3, 0.4) is 0 Å². The number of rotatable bonds is 3. The van der Waals surface area contributed by atoms with Gasteiger partial charge in [-0.3, -0.25) is 9.78 Å². The summed E-state index contributed by atoms with van der Waals surface area (Å²) in [6, 6.07) is 3.29. The fourth-order valence-electron chi connectivity index (χ4n) is 2.53. The molecule has 2 atom stereocenters. The Morgan fingerprint density at radius 3 is 2.79 bits per heavy atom. The first kappa shape index (κ1) is 14.5. The highest BCUT2D eigenvalue weighted by Crippen LogP contribution is 2.31. The molecule has 1 aromatic rings. The molecule has 0 aliphatic heterocycles. The van der Waals surface area contributed by atoms with Crippen LogP contribution in [0.1, 0.15) is 36.2 Å². The number of carbonyl (C=O) groups excluding carboxylic acids is 1. The van der Waals surface area contributed by atoms with Crippen LogP contribution in [0.25, 0.3) is 0 Å². The van der Waals surface area contributed by atoms with Gasteiger partial charge in [0.25, 0.3) is 0 Å². The summed E-state index contributed by atoms with van der Waals surface area (Å²) in [5.74, 6) is -0.431. The molecule has 0 N–H and O–H groups in total. The fraction of sp³-hybridized carbons (Fsp3) is 0.538. The minimum Gasteiger partial charge on any atom is -0.292 e. The molecular weight excluding hydrogens is 286 g/mol. The van der Waals surface area contributed by atoms with Crippen LogP contribution in [-0.2, 0) is 9.84 Å². The van der Waals surface area contributed by atoms with Crippen LogP contribution in [0.15, 0.2) is 18.3 Å². The SMILES string of the molecule is CS(=O)(=O)C1CCCC(C(=O)c2ncccc2Cl)C1. The van der Waals surface area contributed by atoms with Gasteiger partial charge in [0.1, 0.15) is 15.5 Å². The van der Waals surface area contributed by atoms with Crippen LogP contribution in [0, 0.1) is 5.92 Å². The molecule has 2 rings (SSSR count). The van der Waals surface area contributed by atoms with E-state index in [2.05, 4.69) is 4.98 Å². The van der Waals surface area contributed by atoms with Crippen molar-refractivity contribution in [3.8, 4) is 0 Å². The number of aromatic nitrogens is 1. The minimum atomic E-state index is -3.09. The summed E-state index contributed by atoms with van der Waals surface area (Å²) in [5, 5.41) is -0.0910. The van der Waals surface area contributed by atoms with Crippen LogP contribution in [0.5, 0.6) is 0 Å². The average Bonchev–Trinajstić information content (AvgIpc) is 2.38. The maximum atomic E-state index is 12.4. The molecule has 4 nitrogen and oxygen atoms in total. The Morgan fingerprint density at radius 1 is 1.42 bits per heavy atom. The zero-order valence-corrected chi connectivity index (χ0v) is 12.2. The molecule has 0 amide bonds. The molecule has 1 saturated carbocycles. The number of ketones is 1. The molecule has 1 heterocycles. The van der Waals surface area contributed by atoms with Crippen molar-refractivity contribution < 1.29 is 13.2 Å². The number of nitrogens with zero attached hydrogens (tertiary/aromatic N) is 1. The number of carbonyl (C=O) groups is 1. The first-order chi connectivity index (χ1) is 8.89. The van der Waals surface area contributed by atoms with Gasteiger partial charge in [-0.2, -0.15) is 0 Å². The van der Waals surface area contributed by atoms with Gasteiger partial charge in [-0.25, -0.2) is 8.42 Å². The molecule has 1 aliphatic rings. The molecule has 0 radical (unpaired) electrons. The highest BCUT2D eigenvalue weighted by molar-refractivity contribution is 7.91. The highest BCUT2D eigenvalue weighted by atomic mass is 35.5. The lowest BCUT2D eigenvalue weighted by atomic mass is 9.84. The van der Waals surface area contributed by atoms with Crippen molar-refractivity contribution in [1.29, 1.82) is 0 Å². The summed E-state index contributed by atoms with van der Waals surface area (Å²) in [6.07, 6.45) is 5.23. The van der Waals surface area contributed by atoms with E-state index in [0.29, 0.717) is 24.3 Å². The standard InChI is InChI=1S/C13H16ClNO3S/c1-19(17,18)10-5-2-4-9(8-10)13(16)12-11(14)6-3-7-15-12/h3,6-7,9-10H,2,4-5,8H2,1H3. The largest absolute Gasteiger partial charge is 0.292 e. The lowest BCUT2D eigenvalue weighted by Gasteiger charge is -2.26. The van der Waals surface area contributed by atoms with E-state index >= 15 is 0 Å². The van der Waals surface area contributed by atoms with E-state index < -0.39 is 15.1 Å². The second-order valence-electron chi connectivity index (χ2n) is 5.01. The second kappa shape index (κ2) is 5.59. The highest BCUT2D eigenvalue weighted by Gasteiger charge is 2.33. The van der Waals surface area contributed by atoms with Crippen LogP contribution in [0.2, 0.25) is 5.02 Å². The smallest absolute Gasteiger partial charge is 0.185 e. The second-order valence-corrected chi connectivity index (χ2v) is 7.75. The predicted octanol–water partition coefficient (Wildman–Crippen LogP) is 2.52. The van der Waals surface area contributed by atoms with Gasteiger partial charge in [-0.15, -0.1) is 0 Å². The van der Waals surface area contributed by atoms with Gasteiger partial charge in [-0.05, 0) is 31.4 Å². The van der Waals surface area contributed by atoms with Crippen molar-refractivity contribution in [2.45, 2.75) is 30.9 Å². The first-order valence-electron chi connectivity index (χ1n) is 6.23. The minimum absolute atomic E-state index is 0.140. The Bertz CT molecular complexity index is 585. The molecule has 19 heavy (non-hydrogen) atoms. The molecule has 2 unspecified atom stereocenters. The van der Waals surface area contributed by atoms with Gasteiger partial charge < -0.3 is 0 Å². The lowest BCUT2D eigenvalue weighted by molar-refractivity contribution is 0.0886. The molecule has 0 bridgehead atoms. The van der Waals surface area contributed by atoms with Crippen molar-refractivity contribution in [1.82, 2.24) is 4.98 Å². The fourth-order valence-corrected chi connectivity index (χ4v) is 3.92. The van der Waals surface area contributed by atoms with Crippen molar-refractivity contribution in [3.63, 3.8) is 0 Å². The Hall–Kier alpha value is -0.940. The topological polar surface area (TPSA) is 64.1 Å². The number of Topliss-reactive ketones (excluding diaryl/α,β-unsaturated/α-hetero) is 1. The summed E-state index contributed by atoms with van der Waals surface area (Å²) < 4.78 is 23.2. The number of pyridine rings is 1. The summed E-state index contributed by atoms with van der Waals surface area (Å²) in [4.78, 5) is 16.4. The third-order valence-electron chi connectivity index (χ3n) is 3.59. The van der Waals surface area contributed by atoms with Gasteiger partial charge in [0.2, 0.25) is 0 Å². The molecule has 0 saturated heterocycles. The predicted molar refractivity (Wildman–Crippen MR) is 74.2 cm³/mol. The summed E-state index contributed by atoms with van der Waals surface area (Å²) in [6.45, 7) is 0. The lowest BCUT2D eigenvalue weighted by Crippen LogP contribution is -2.31. The number of sulfone groups is 1. The van der Waals surface area contributed by atoms with Crippen molar-refractivity contribution >= 4 is 27.2 Å². The Balaban J connectivity index is 2.19. The van der Waals surface area contributed by atoms with E-state index in [-0.39, 0.29) is 17.4 Å². The zero-order valence-electron chi connectivity index (χ0n) is 10.7. The molecule has 6 heteroatoms. The van der Waals surface area contributed by atoms with Crippen LogP contribution in [0.4, 0.5) is 0 Å². The van der Waals surface area contributed by atoms with Gasteiger partial charge >= 0.3 is 0 Å². The van der Waals surface area contributed by atoms with Crippen molar-refractivity contribution in [2.24, 2.45) is 5.92 Å². The van der Waals surface area contributed by atoms with Gasteiger partial charge in [-0.1, -0.05) is 18.0 Å². The van der Waals surface area contributed by atoms with Crippen LogP contribution >= 0.6 is 11.6 Å². The molecule has 0 spiro atoms. The summed E-state index contributed by atoms with van der Waals surface area (Å²) in [7, 11) is -3.09. The maximum Gasteiger partial charge on any atom is 0.185 e. The molecule has 1 fully saturated rings. The van der Waals surface area contributed by atoms with E-state index in [1.807, 2.05) is 0 Å². The van der Waals surface area contributed by atoms with Crippen LogP contribution in [-0.4, -0.2) is 30.7 Å². The Kier molecular flexibility index (Phi) is 4.26. The Morgan fingerprint density at radius 2 is 2.16 bits per heavy atom. The average molecular weight is 302 g/mol. The molecule has 104 valence electrons. The normalized spacial score (nSPS) is 24.1. The first-order valence-corrected chi connectivity index (χ1v) is 8.56. The third kappa shape index (κ3) is 3.34. The maximum absolute atomic E-state index is 12.4. The van der Waals surface area contributed by atoms with Gasteiger partial charge in [0.05, 0.1) is 10.3 Å². The number of hydrogen-bond donors (Lipinski definition) is 0. The van der Waals surface area contributed by atoms with Gasteiger partial charge in [0.15, 0.2) is 5.78 Å². The van der Waals surface area contributed by atoms with Gasteiger partial charge in [0, 0.05) is 18.4 Å². The monoisotopic (exact) mass is 301 g/mol. The zero-order chi connectivity index (χ0) is 14.0. The third-order valence-corrected chi connectivity index (χ3v) is 5.54. The van der Waals surface area contributed by atoms with Crippen LogP contribution < -0.4 is 0 Å². The molecule has 1 aromatic heterocycles. The van der Waals surface area contributed by atoms with Crippen molar-refractivity contribution in [3.05, 3.63) is 29.0 Å². The summed E-state index contributed by atoms with van der Waals surface area (Å²) in [5.41, 5.74) is 0.253. The summed E-state index contributed by atoms with van der Waals surface area (Å²) >= 11 is 5.96. The Labute approximate surface area is 118 Å². The number of hydrogen-bond acceptors (Lipinski definition) is 4. The molecule has 0 aromatic carbocycles. The quantitative estimate of drug-likeness (QED) is 0.805. The van der Waals surface area contributed by atoms with E-state index in [9.17, 15) is 13.2 Å². The van der Waals surface area contributed by atoms with E-state index in [0.717, 1.165) is 6.42 Å². The molecule has 1 aliphatic carbocycles. The van der Waals surface area contributed by atoms with E-state index in [1.165, 1.54) is 12.5 Å². The van der Waals surface area contributed by atoms with Crippen molar-refractivity contribution in [2.75, 3.05) is 6.26 Å². The number of halogens is 1. The van der Waals surface area contributed by atoms with E-state index in [1.54, 1.807) is 12.1 Å².